The largest absolute Gasteiger partial charge is 0.495 e. The zero-order valence-corrected chi connectivity index (χ0v) is 18.1. The molecule has 0 aliphatic carbocycles. The molecule has 7 nitrogen and oxygen atoms in total. The minimum absolute atomic E-state index is 0.120. The molecule has 3 rings (SSSR count). The summed E-state index contributed by atoms with van der Waals surface area (Å²) in [5, 5.41) is 3.10. The standard InChI is InChI=1S/C20H22ClFN2O5S/c1-28-17-12-18(29-2)16(11-14(17)21)23-20(25)13-7-9-24(10-8-13)30(26,27)19-6-4-3-5-15(19)22/h3-6,11-13H,7-10H2,1-2H3,(H,23,25). The maximum Gasteiger partial charge on any atom is 0.245 e. The molecular formula is C20H22ClFN2O5S. The lowest BCUT2D eigenvalue weighted by Crippen LogP contribution is -2.41. The highest BCUT2D eigenvalue weighted by Crippen LogP contribution is 2.36. The van der Waals surface area contributed by atoms with Crippen molar-refractivity contribution in [2.45, 2.75) is 17.7 Å². The van der Waals surface area contributed by atoms with Gasteiger partial charge in [-0.2, -0.15) is 4.31 Å². The van der Waals surface area contributed by atoms with Gasteiger partial charge in [0.05, 0.1) is 24.9 Å². The van der Waals surface area contributed by atoms with Crippen LogP contribution in [0.2, 0.25) is 5.02 Å². The number of anilines is 1. The van der Waals surface area contributed by atoms with Gasteiger partial charge >= 0.3 is 0 Å². The molecule has 1 saturated heterocycles. The van der Waals surface area contributed by atoms with Gasteiger partial charge in [-0.25, -0.2) is 12.8 Å². The van der Waals surface area contributed by atoms with Crippen LogP contribution in [0.3, 0.4) is 0 Å². The summed E-state index contributed by atoms with van der Waals surface area (Å²) in [6.07, 6.45) is 0.622. The van der Waals surface area contributed by atoms with E-state index >= 15 is 0 Å². The normalized spacial score (nSPS) is 15.6. The number of sulfonamides is 1. The van der Waals surface area contributed by atoms with Crippen LogP contribution in [0.5, 0.6) is 11.5 Å². The van der Waals surface area contributed by atoms with Gasteiger partial charge in [0.1, 0.15) is 22.2 Å². The van der Waals surface area contributed by atoms with E-state index in [1.165, 1.54) is 42.8 Å². The average Bonchev–Trinajstić information content (AvgIpc) is 2.74. The van der Waals surface area contributed by atoms with Crippen molar-refractivity contribution in [2.75, 3.05) is 32.6 Å². The maximum absolute atomic E-state index is 13.9. The first-order chi connectivity index (χ1) is 14.3. The van der Waals surface area contributed by atoms with Crippen molar-refractivity contribution in [3.8, 4) is 11.5 Å². The number of rotatable bonds is 6. The lowest BCUT2D eigenvalue weighted by Gasteiger charge is -2.30. The Hall–Kier alpha value is -2.36. The van der Waals surface area contributed by atoms with Crippen molar-refractivity contribution in [2.24, 2.45) is 5.92 Å². The molecule has 1 heterocycles. The van der Waals surface area contributed by atoms with Crippen molar-refractivity contribution >= 4 is 33.2 Å². The molecule has 10 heteroatoms. The lowest BCUT2D eigenvalue weighted by molar-refractivity contribution is -0.120. The Balaban J connectivity index is 1.68. The van der Waals surface area contributed by atoms with Crippen LogP contribution >= 0.6 is 11.6 Å². The number of hydrogen-bond acceptors (Lipinski definition) is 5. The van der Waals surface area contributed by atoms with E-state index in [1.54, 1.807) is 6.07 Å². The van der Waals surface area contributed by atoms with Crippen LogP contribution in [0, 0.1) is 11.7 Å². The molecule has 30 heavy (non-hydrogen) atoms. The highest BCUT2D eigenvalue weighted by Gasteiger charge is 2.33. The SMILES string of the molecule is COc1cc(OC)c(NC(=O)C2CCN(S(=O)(=O)c3ccccc3F)CC2)cc1Cl. The van der Waals surface area contributed by atoms with Crippen LogP contribution in [-0.4, -0.2) is 45.9 Å². The topological polar surface area (TPSA) is 84.9 Å². The van der Waals surface area contributed by atoms with Crippen LogP contribution in [0.4, 0.5) is 10.1 Å². The molecule has 0 spiro atoms. The van der Waals surface area contributed by atoms with Gasteiger partial charge in [-0.1, -0.05) is 23.7 Å². The van der Waals surface area contributed by atoms with Crippen LogP contribution in [0.15, 0.2) is 41.3 Å². The Labute approximate surface area is 179 Å². The lowest BCUT2D eigenvalue weighted by atomic mass is 9.97. The Morgan fingerprint density at radius 2 is 1.77 bits per heavy atom. The molecule has 2 aromatic rings. The first-order valence-electron chi connectivity index (χ1n) is 9.25. The summed E-state index contributed by atoms with van der Waals surface area (Å²) in [6, 6.07) is 8.37. The van der Waals surface area contributed by atoms with Gasteiger partial charge in [0.15, 0.2) is 0 Å². The summed E-state index contributed by atoms with van der Waals surface area (Å²) >= 11 is 6.13. The zero-order valence-electron chi connectivity index (χ0n) is 16.5. The van der Waals surface area contributed by atoms with Crippen molar-refractivity contribution in [3.05, 3.63) is 47.2 Å². The number of carbonyl (C=O) groups is 1. The van der Waals surface area contributed by atoms with Crippen molar-refractivity contribution in [1.82, 2.24) is 4.31 Å². The van der Waals surface area contributed by atoms with Crippen LogP contribution in [-0.2, 0) is 14.8 Å². The predicted octanol–water partition coefficient (Wildman–Crippen LogP) is 3.54. The molecule has 1 amide bonds. The molecule has 0 radical (unpaired) electrons. The Bertz CT molecular complexity index is 1040. The number of methoxy groups -OCH3 is 2. The van der Waals surface area contributed by atoms with Crippen LogP contribution in [0.1, 0.15) is 12.8 Å². The number of nitrogens with zero attached hydrogens (tertiary/aromatic N) is 1. The number of halogens is 2. The van der Waals surface area contributed by atoms with Crippen LogP contribution in [0.25, 0.3) is 0 Å². The monoisotopic (exact) mass is 456 g/mol. The Morgan fingerprint density at radius 3 is 2.37 bits per heavy atom. The number of piperidine rings is 1. The third-order valence-electron chi connectivity index (χ3n) is 5.01. The quantitative estimate of drug-likeness (QED) is 0.718. The van der Waals surface area contributed by atoms with Gasteiger partial charge in [-0.15, -0.1) is 0 Å². The third kappa shape index (κ3) is 4.53. The molecule has 0 bridgehead atoms. The molecule has 2 aromatic carbocycles. The minimum atomic E-state index is -3.95. The average molecular weight is 457 g/mol. The van der Waals surface area contributed by atoms with Crippen molar-refractivity contribution in [1.29, 1.82) is 0 Å². The van der Waals surface area contributed by atoms with Gasteiger partial charge < -0.3 is 14.8 Å². The molecule has 1 aliphatic heterocycles. The Kier molecular flexibility index (Phi) is 6.84. The van der Waals surface area contributed by atoms with E-state index in [1.807, 2.05) is 0 Å². The second kappa shape index (κ2) is 9.20. The molecule has 1 aliphatic rings. The van der Waals surface area contributed by atoms with Gasteiger partial charge in [0.2, 0.25) is 15.9 Å². The Morgan fingerprint density at radius 1 is 1.13 bits per heavy atom. The zero-order chi connectivity index (χ0) is 21.9. The van der Waals surface area contributed by atoms with Crippen molar-refractivity contribution in [3.63, 3.8) is 0 Å². The van der Waals surface area contributed by atoms with E-state index in [9.17, 15) is 17.6 Å². The molecule has 162 valence electrons. The second-order valence-corrected chi connectivity index (χ2v) is 9.10. The number of amides is 1. The molecule has 0 atom stereocenters. The fourth-order valence-electron chi connectivity index (χ4n) is 3.34. The van der Waals surface area contributed by atoms with E-state index < -0.39 is 21.8 Å². The summed E-state index contributed by atoms with van der Waals surface area (Å²) in [6.45, 7) is 0.241. The van der Waals surface area contributed by atoms with Gasteiger partial charge in [-0.3, -0.25) is 4.79 Å². The summed E-state index contributed by atoms with van der Waals surface area (Å²) < 4.78 is 51.0. The minimum Gasteiger partial charge on any atom is -0.495 e. The highest BCUT2D eigenvalue weighted by molar-refractivity contribution is 7.89. The fraction of sp³-hybridized carbons (Fsp3) is 0.350. The summed E-state index contributed by atoms with van der Waals surface area (Å²) in [5.74, 6) is -0.650. The summed E-state index contributed by atoms with van der Waals surface area (Å²) in [5.41, 5.74) is 0.398. The van der Waals surface area contributed by atoms with Gasteiger partial charge in [0.25, 0.3) is 0 Å². The fourth-order valence-corrected chi connectivity index (χ4v) is 5.12. The summed E-state index contributed by atoms with van der Waals surface area (Å²) in [4.78, 5) is 12.4. The molecule has 1 N–H and O–H groups in total. The highest BCUT2D eigenvalue weighted by atomic mass is 35.5. The molecule has 0 saturated carbocycles. The maximum atomic E-state index is 13.9. The number of ether oxygens (including phenoxy) is 2. The van der Waals surface area contributed by atoms with E-state index in [2.05, 4.69) is 5.32 Å². The van der Waals surface area contributed by atoms with Gasteiger partial charge in [-0.05, 0) is 31.0 Å². The third-order valence-corrected chi connectivity index (χ3v) is 7.24. The second-order valence-electron chi connectivity index (χ2n) is 6.79. The number of carbonyl (C=O) groups excluding carboxylic acids is 1. The first-order valence-corrected chi connectivity index (χ1v) is 11.1. The van der Waals surface area contributed by atoms with E-state index in [4.69, 9.17) is 21.1 Å². The summed E-state index contributed by atoms with van der Waals surface area (Å²) in [7, 11) is -1.01. The molecule has 1 fully saturated rings. The number of nitrogens with one attached hydrogen (secondary N) is 1. The first kappa shape index (κ1) is 22.3. The van der Waals surface area contributed by atoms with E-state index in [-0.39, 0.29) is 23.9 Å². The molecule has 0 aromatic heterocycles. The molecule has 0 unspecified atom stereocenters. The van der Waals surface area contributed by atoms with Gasteiger partial charge in [0, 0.05) is 25.1 Å². The van der Waals surface area contributed by atoms with E-state index in [0.717, 1.165) is 6.07 Å². The number of benzene rings is 2. The van der Waals surface area contributed by atoms with Crippen molar-refractivity contribution < 1.29 is 27.1 Å². The van der Waals surface area contributed by atoms with Crippen LogP contribution < -0.4 is 14.8 Å². The smallest absolute Gasteiger partial charge is 0.245 e. The number of hydrogen-bond donors (Lipinski definition) is 1. The predicted molar refractivity (Wildman–Crippen MR) is 111 cm³/mol. The molecular weight excluding hydrogens is 435 g/mol. The van der Waals surface area contributed by atoms with E-state index in [0.29, 0.717) is 35.1 Å².